The van der Waals surface area contributed by atoms with Gasteiger partial charge in [-0.1, -0.05) is 0 Å². The highest BCUT2D eigenvalue weighted by atomic mass is 16.6. The molecule has 1 saturated heterocycles. The first-order chi connectivity index (χ1) is 15.5. The molecule has 6 rings (SSSR count). The molecule has 6 N–H and O–H groups in total. The fraction of sp³-hybridized carbons (Fsp3) is 0.833. The molecule has 2 amide bonds. The summed E-state index contributed by atoms with van der Waals surface area (Å²) in [4.78, 5) is 39.4. The molecule has 33 heavy (non-hydrogen) atoms. The number of likely N-dealkylation sites (tertiary alicyclic amines) is 1. The van der Waals surface area contributed by atoms with E-state index in [1.165, 1.54) is 0 Å². The predicted molar refractivity (Wildman–Crippen MR) is 118 cm³/mol. The molecule has 9 heteroatoms. The average molecular weight is 458 g/mol. The van der Waals surface area contributed by atoms with Gasteiger partial charge in [-0.2, -0.15) is 5.26 Å². The summed E-state index contributed by atoms with van der Waals surface area (Å²) < 4.78 is 6.07. The maximum atomic E-state index is 13.7. The minimum absolute atomic E-state index is 0.0352. The first kappa shape index (κ1) is 22.6. The van der Waals surface area contributed by atoms with Crippen molar-refractivity contribution in [3.8, 4) is 6.07 Å². The Bertz CT molecular complexity index is 916. The summed E-state index contributed by atoms with van der Waals surface area (Å²) >= 11 is 0. The number of carbonyl (C=O) groups is 3. The molecule has 0 aromatic heterocycles. The van der Waals surface area contributed by atoms with Crippen molar-refractivity contribution in [2.75, 3.05) is 0 Å². The number of esters is 1. The van der Waals surface area contributed by atoms with Crippen molar-refractivity contribution in [2.45, 2.75) is 100 Å². The van der Waals surface area contributed by atoms with Gasteiger partial charge in [0.25, 0.3) is 0 Å². The molecule has 9 nitrogen and oxygen atoms in total. The van der Waals surface area contributed by atoms with Crippen LogP contribution in [0.5, 0.6) is 0 Å². The Morgan fingerprint density at radius 3 is 2.39 bits per heavy atom. The molecule has 1 aliphatic heterocycles. The fourth-order valence-electron chi connectivity index (χ4n) is 8.17. The quantitative estimate of drug-likeness (QED) is 0.473. The molecule has 0 radical (unpaired) electrons. The van der Waals surface area contributed by atoms with Crippen molar-refractivity contribution >= 4 is 17.8 Å². The minimum Gasteiger partial charge on any atom is -0.458 e. The molecule has 7 atom stereocenters. The van der Waals surface area contributed by atoms with Crippen LogP contribution in [0.3, 0.4) is 0 Å². The standard InChI is InChI=1S/C24H35N5O4/c1-22-10-15(22)5-16(11-25)29(22)20(31)19(28)23-6-13-4-14(7-23)9-24(8-13,12-23)33-21(32)17(26)2-3-18(27)30/h13-17,19H,2-10,12,26,28H2,1H3,(H2,27,30). The molecule has 1 heterocycles. The zero-order valence-corrected chi connectivity index (χ0v) is 19.3. The van der Waals surface area contributed by atoms with Gasteiger partial charge >= 0.3 is 5.97 Å². The second-order valence-electron chi connectivity index (χ2n) is 11.9. The number of carbonyl (C=O) groups excluding carboxylic acids is 3. The molecule has 5 saturated carbocycles. The lowest BCUT2D eigenvalue weighted by molar-refractivity contribution is -0.207. The summed E-state index contributed by atoms with van der Waals surface area (Å²) in [6.07, 6.45) is 6.73. The molecule has 7 unspecified atom stereocenters. The summed E-state index contributed by atoms with van der Waals surface area (Å²) in [5.74, 6) is -0.0236. The van der Waals surface area contributed by atoms with Crippen LogP contribution in [0.25, 0.3) is 0 Å². The van der Waals surface area contributed by atoms with E-state index in [1.54, 1.807) is 4.90 Å². The molecule has 4 bridgehead atoms. The van der Waals surface area contributed by atoms with Gasteiger partial charge in [0.15, 0.2) is 0 Å². The van der Waals surface area contributed by atoms with Crippen molar-refractivity contribution in [3.63, 3.8) is 0 Å². The van der Waals surface area contributed by atoms with Gasteiger partial charge in [-0.05, 0) is 87.9 Å². The van der Waals surface area contributed by atoms with Crippen LogP contribution in [0.1, 0.15) is 71.1 Å². The summed E-state index contributed by atoms with van der Waals surface area (Å²) in [6.45, 7) is 2.07. The molecule has 0 spiro atoms. The average Bonchev–Trinajstić information content (AvgIpc) is 3.29. The van der Waals surface area contributed by atoms with Crippen LogP contribution >= 0.6 is 0 Å². The first-order valence-electron chi connectivity index (χ1n) is 12.3. The number of ether oxygens (including phenoxy) is 1. The van der Waals surface area contributed by atoms with Gasteiger partial charge in [0.1, 0.15) is 17.7 Å². The van der Waals surface area contributed by atoms with E-state index in [2.05, 4.69) is 13.0 Å². The van der Waals surface area contributed by atoms with Crippen LogP contribution in [0, 0.1) is 34.5 Å². The monoisotopic (exact) mass is 457 g/mol. The van der Waals surface area contributed by atoms with Crippen molar-refractivity contribution in [1.29, 1.82) is 5.26 Å². The van der Waals surface area contributed by atoms with E-state index in [0.717, 1.165) is 44.9 Å². The number of nitriles is 1. The zero-order chi connectivity index (χ0) is 23.8. The third-order valence-corrected chi connectivity index (χ3v) is 9.44. The molecule has 5 aliphatic carbocycles. The SMILES string of the molecule is CC12CC1CC(C#N)N2C(=O)C(N)C12CC3CC(CC(OC(=O)C(N)CCC(N)=O)(C3)C1)C2. The minimum atomic E-state index is -0.899. The third-order valence-electron chi connectivity index (χ3n) is 9.44. The maximum Gasteiger partial charge on any atom is 0.323 e. The highest BCUT2D eigenvalue weighted by Crippen LogP contribution is 2.65. The number of nitrogens with zero attached hydrogens (tertiary/aromatic N) is 2. The smallest absolute Gasteiger partial charge is 0.323 e. The van der Waals surface area contributed by atoms with Gasteiger partial charge in [0.05, 0.1) is 12.1 Å². The fourth-order valence-corrected chi connectivity index (χ4v) is 8.17. The van der Waals surface area contributed by atoms with Gasteiger partial charge in [-0.15, -0.1) is 0 Å². The lowest BCUT2D eigenvalue weighted by Gasteiger charge is -2.62. The van der Waals surface area contributed by atoms with Crippen LogP contribution in [0.2, 0.25) is 0 Å². The van der Waals surface area contributed by atoms with Gasteiger partial charge in [-0.25, -0.2) is 0 Å². The Morgan fingerprint density at radius 2 is 1.79 bits per heavy atom. The Hall–Kier alpha value is -2.18. The third kappa shape index (κ3) is 3.53. The Morgan fingerprint density at radius 1 is 1.12 bits per heavy atom. The molecule has 180 valence electrons. The molecule has 0 aromatic rings. The van der Waals surface area contributed by atoms with Crippen molar-refractivity contribution < 1.29 is 19.1 Å². The Balaban J connectivity index is 1.35. The first-order valence-corrected chi connectivity index (χ1v) is 12.3. The number of nitrogens with two attached hydrogens (primary N) is 3. The maximum absolute atomic E-state index is 13.7. The van der Waals surface area contributed by atoms with E-state index in [-0.39, 0.29) is 24.3 Å². The summed E-state index contributed by atoms with van der Waals surface area (Å²) in [5.41, 5.74) is 16.6. The summed E-state index contributed by atoms with van der Waals surface area (Å²) in [7, 11) is 0. The normalized spacial score (nSPS) is 44.0. The largest absolute Gasteiger partial charge is 0.458 e. The van der Waals surface area contributed by atoms with Crippen molar-refractivity contribution in [2.24, 2.45) is 40.4 Å². The molecule has 0 aromatic carbocycles. The predicted octanol–water partition coefficient (Wildman–Crippen LogP) is 0.692. The van der Waals surface area contributed by atoms with Gasteiger partial charge < -0.3 is 26.8 Å². The number of hydrogen-bond donors (Lipinski definition) is 3. The lowest BCUT2D eigenvalue weighted by atomic mass is 9.46. The summed E-state index contributed by atoms with van der Waals surface area (Å²) in [5, 5.41) is 9.64. The van der Waals surface area contributed by atoms with Crippen LogP contribution in [0.4, 0.5) is 0 Å². The van der Waals surface area contributed by atoms with E-state index in [0.29, 0.717) is 24.2 Å². The van der Waals surface area contributed by atoms with Crippen molar-refractivity contribution in [3.05, 3.63) is 0 Å². The molecule has 6 aliphatic rings. The van der Waals surface area contributed by atoms with E-state index in [9.17, 15) is 19.6 Å². The Kier molecular flexibility index (Phi) is 5.07. The Labute approximate surface area is 194 Å². The van der Waals surface area contributed by atoms with Crippen molar-refractivity contribution in [1.82, 2.24) is 4.90 Å². The van der Waals surface area contributed by atoms with Gasteiger partial charge in [0.2, 0.25) is 11.8 Å². The number of fused-ring (bicyclic) bond motifs is 1. The highest BCUT2D eigenvalue weighted by Gasteiger charge is 2.67. The van der Waals surface area contributed by atoms with Gasteiger partial charge in [-0.3, -0.25) is 14.4 Å². The molecule has 6 fully saturated rings. The van der Waals surface area contributed by atoms with E-state index in [4.69, 9.17) is 21.9 Å². The zero-order valence-electron chi connectivity index (χ0n) is 19.3. The summed E-state index contributed by atoms with van der Waals surface area (Å²) in [6, 6.07) is 0.293. The topological polar surface area (TPSA) is 166 Å². The molecular weight excluding hydrogens is 422 g/mol. The van der Waals surface area contributed by atoms with Gasteiger partial charge in [0, 0.05) is 12.0 Å². The second-order valence-corrected chi connectivity index (χ2v) is 11.9. The highest BCUT2D eigenvalue weighted by molar-refractivity contribution is 5.85. The molecular formula is C24H35N5O4. The number of primary amides is 1. The van der Waals surface area contributed by atoms with Crippen LogP contribution in [0.15, 0.2) is 0 Å². The van der Waals surface area contributed by atoms with Crippen LogP contribution in [-0.4, -0.2) is 51.9 Å². The lowest BCUT2D eigenvalue weighted by Crippen LogP contribution is -2.66. The number of piperidine rings is 1. The number of amides is 2. The second kappa shape index (κ2) is 7.41. The number of rotatable bonds is 7. The number of hydrogen-bond acceptors (Lipinski definition) is 7. The van der Waals surface area contributed by atoms with E-state index in [1.807, 2.05) is 0 Å². The van der Waals surface area contributed by atoms with Crippen LogP contribution in [-0.2, 0) is 19.1 Å². The van der Waals surface area contributed by atoms with Crippen LogP contribution < -0.4 is 17.2 Å². The van der Waals surface area contributed by atoms with E-state index < -0.39 is 41.0 Å². The van der Waals surface area contributed by atoms with E-state index >= 15 is 0 Å².